The average Bonchev–Trinajstić information content (AvgIpc) is 2.47. The van der Waals surface area contributed by atoms with E-state index in [2.05, 4.69) is 4.98 Å². The Balaban J connectivity index is 2.20. The lowest BCUT2D eigenvalue weighted by atomic mass is 10.00. The van der Waals surface area contributed by atoms with Crippen LogP contribution in [0.25, 0.3) is 0 Å². The highest BCUT2D eigenvalue weighted by molar-refractivity contribution is 6.04. The summed E-state index contributed by atoms with van der Waals surface area (Å²) < 4.78 is 0. The van der Waals surface area contributed by atoms with E-state index in [9.17, 15) is 9.59 Å². The first-order chi connectivity index (χ1) is 8.00. The van der Waals surface area contributed by atoms with Gasteiger partial charge in [-0.1, -0.05) is 19.9 Å². The molecule has 0 bridgehead atoms. The predicted octanol–water partition coefficient (Wildman–Crippen LogP) is 0.805. The molecule has 2 rings (SSSR count). The van der Waals surface area contributed by atoms with Crippen molar-refractivity contribution >= 4 is 17.6 Å². The first kappa shape index (κ1) is 11.6. The van der Waals surface area contributed by atoms with Gasteiger partial charge >= 0.3 is 0 Å². The largest absolute Gasteiger partial charge is 0.384 e. The van der Waals surface area contributed by atoms with Crippen LogP contribution in [0.1, 0.15) is 19.5 Å². The molecule has 1 aromatic rings. The molecule has 17 heavy (non-hydrogen) atoms. The molecule has 0 spiro atoms. The summed E-state index contributed by atoms with van der Waals surface area (Å²) in [6, 6.07) is 5.18. The Morgan fingerprint density at radius 3 is 2.35 bits per heavy atom. The second kappa shape index (κ2) is 4.16. The van der Waals surface area contributed by atoms with Crippen LogP contribution in [-0.4, -0.2) is 21.7 Å². The number of nitrogens with two attached hydrogens (primary N) is 1. The number of carbonyl (C=O) groups excluding carboxylic acids is 2. The van der Waals surface area contributed by atoms with Crippen molar-refractivity contribution in [2.24, 2.45) is 11.8 Å². The van der Waals surface area contributed by atoms with Crippen LogP contribution in [0.3, 0.4) is 0 Å². The molecule has 1 aromatic heterocycles. The number of rotatable bonds is 2. The number of pyridine rings is 1. The van der Waals surface area contributed by atoms with Gasteiger partial charge in [-0.05, 0) is 12.1 Å². The maximum absolute atomic E-state index is 11.9. The van der Waals surface area contributed by atoms with Gasteiger partial charge in [0.15, 0.2) is 0 Å². The standard InChI is InChI=1S/C12H15N3O2/c1-7-8(2)12(17)15(11(7)16)6-9-4-3-5-10(13)14-9/h3-5,7-8H,6H2,1-2H3,(H2,13,14). The van der Waals surface area contributed by atoms with Crippen LogP contribution in [0.2, 0.25) is 0 Å². The summed E-state index contributed by atoms with van der Waals surface area (Å²) in [6.07, 6.45) is 0. The number of nitrogen functional groups attached to an aromatic ring is 1. The molecular formula is C12H15N3O2. The van der Waals surface area contributed by atoms with Gasteiger partial charge in [0.25, 0.3) is 0 Å². The molecule has 2 atom stereocenters. The van der Waals surface area contributed by atoms with Gasteiger partial charge in [0, 0.05) is 11.8 Å². The fraction of sp³-hybridized carbons (Fsp3) is 0.417. The molecule has 0 aromatic carbocycles. The summed E-state index contributed by atoms with van der Waals surface area (Å²) in [4.78, 5) is 29.1. The minimum atomic E-state index is -0.247. The lowest BCUT2D eigenvalue weighted by Crippen LogP contribution is -2.30. The van der Waals surface area contributed by atoms with Crippen LogP contribution in [-0.2, 0) is 16.1 Å². The first-order valence-electron chi connectivity index (χ1n) is 5.57. The fourth-order valence-electron chi connectivity index (χ4n) is 1.93. The number of hydrogen-bond donors (Lipinski definition) is 1. The van der Waals surface area contributed by atoms with Crippen LogP contribution in [0, 0.1) is 11.8 Å². The number of amides is 2. The summed E-state index contributed by atoms with van der Waals surface area (Å²) in [7, 11) is 0. The van der Waals surface area contributed by atoms with Crippen molar-refractivity contribution in [3.8, 4) is 0 Å². The molecule has 2 amide bonds. The quantitative estimate of drug-likeness (QED) is 0.767. The third kappa shape index (κ3) is 2.00. The van der Waals surface area contributed by atoms with Crippen molar-refractivity contribution in [3.63, 3.8) is 0 Å². The molecule has 0 saturated carbocycles. The lowest BCUT2D eigenvalue weighted by molar-refractivity contribution is -0.140. The molecule has 1 fully saturated rings. The first-order valence-corrected chi connectivity index (χ1v) is 5.57. The van der Waals surface area contributed by atoms with Crippen molar-refractivity contribution < 1.29 is 9.59 Å². The molecule has 2 N–H and O–H groups in total. The zero-order chi connectivity index (χ0) is 12.6. The van der Waals surface area contributed by atoms with E-state index in [1.54, 1.807) is 32.0 Å². The van der Waals surface area contributed by atoms with E-state index >= 15 is 0 Å². The van der Waals surface area contributed by atoms with Crippen molar-refractivity contribution in [2.75, 3.05) is 5.73 Å². The predicted molar refractivity (Wildman–Crippen MR) is 62.5 cm³/mol. The smallest absolute Gasteiger partial charge is 0.233 e. The molecule has 1 saturated heterocycles. The molecule has 1 aliphatic rings. The Kier molecular flexibility index (Phi) is 2.83. The molecular weight excluding hydrogens is 218 g/mol. The summed E-state index contributed by atoms with van der Waals surface area (Å²) >= 11 is 0. The van der Waals surface area contributed by atoms with Crippen LogP contribution < -0.4 is 5.73 Å². The molecule has 1 aliphatic heterocycles. The molecule has 90 valence electrons. The van der Waals surface area contributed by atoms with E-state index in [1.165, 1.54) is 4.90 Å². The van der Waals surface area contributed by atoms with E-state index in [0.717, 1.165) is 0 Å². The molecule has 5 heteroatoms. The van der Waals surface area contributed by atoms with Crippen molar-refractivity contribution in [1.82, 2.24) is 9.88 Å². The zero-order valence-corrected chi connectivity index (χ0v) is 9.88. The van der Waals surface area contributed by atoms with E-state index in [4.69, 9.17) is 5.73 Å². The topological polar surface area (TPSA) is 76.3 Å². The summed E-state index contributed by atoms with van der Waals surface area (Å²) in [5.74, 6) is -0.367. The van der Waals surface area contributed by atoms with Gasteiger partial charge in [0.05, 0.1) is 12.2 Å². The number of likely N-dealkylation sites (tertiary alicyclic amines) is 1. The van der Waals surface area contributed by atoms with Gasteiger partial charge in [-0.2, -0.15) is 0 Å². The Morgan fingerprint density at radius 2 is 1.82 bits per heavy atom. The van der Waals surface area contributed by atoms with Gasteiger partial charge in [0.1, 0.15) is 5.82 Å². The third-order valence-electron chi connectivity index (χ3n) is 3.21. The van der Waals surface area contributed by atoms with E-state index in [-0.39, 0.29) is 30.2 Å². The van der Waals surface area contributed by atoms with Crippen LogP contribution in [0.5, 0.6) is 0 Å². The zero-order valence-electron chi connectivity index (χ0n) is 9.88. The van der Waals surface area contributed by atoms with Gasteiger partial charge in [-0.25, -0.2) is 4.98 Å². The number of nitrogens with zero attached hydrogens (tertiary/aromatic N) is 2. The molecule has 2 unspecified atom stereocenters. The van der Waals surface area contributed by atoms with E-state index in [0.29, 0.717) is 11.5 Å². The molecule has 0 aliphatic carbocycles. The Labute approximate surface area is 99.6 Å². The van der Waals surface area contributed by atoms with E-state index < -0.39 is 0 Å². The number of aromatic nitrogens is 1. The Morgan fingerprint density at radius 1 is 1.24 bits per heavy atom. The highest BCUT2D eigenvalue weighted by Gasteiger charge is 2.42. The Bertz CT molecular complexity index is 453. The van der Waals surface area contributed by atoms with Crippen LogP contribution in [0.15, 0.2) is 18.2 Å². The number of anilines is 1. The maximum atomic E-state index is 11.9. The van der Waals surface area contributed by atoms with Crippen molar-refractivity contribution in [2.45, 2.75) is 20.4 Å². The highest BCUT2D eigenvalue weighted by Crippen LogP contribution is 2.26. The summed E-state index contributed by atoms with van der Waals surface area (Å²) in [5.41, 5.74) is 6.19. The minimum absolute atomic E-state index is 0.133. The van der Waals surface area contributed by atoms with E-state index in [1.807, 2.05) is 0 Å². The molecule has 0 radical (unpaired) electrons. The molecule has 2 heterocycles. The number of hydrogen-bond acceptors (Lipinski definition) is 4. The second-order valence-electron chi connectivity index (χ2n) is 4.39. The summed E-state index contributed by atoms with van der Waals surface area (Å²) in [6.45, 7) is 3.76. The van der Waals surface area contributed by atoms with Crippen molar-refractivity contribution in [3.05, 3.63) is 23.9 Å². The summed E-state index contributed by atoms with van der Waals surface area (Å²) in [5, 5.41) is 0. The third-order valence-corrected chi connectivity index (χ3v) is 3.21. The second-order valence-corrected chi connectivity index (χ2v) is 4.39. The van der Waals surface area contributed by atoms with Gasteiger partial charge < -0.3 is 5.73 Å². The van der Waals surface area contributed by atoms with Crippen LogP contribution in [0.4, 0.5) is 5.82 Å². The monoisotopic (exact) mass is 233 g/mol. The van der Waals surface area contributed by atoms with Gasteiger partial charge in [-0.15, -0.1) is 0 Å². The number of carbonyl (C=O) groups is 2. The average molecular weight is 233 g/mol. The Hall–Kier alpha value is -1.91. The fourth-order valence-corrected chi connectivity index (χ4v) is 1.93. The molecule has 5 nitrogen and oxygen atoms in total. The lowest BCUT2D eigenvalue weighted by Gasteiger charge is -2.13. The normalized spacial score (nSPS) is 24.5. The van der Waals surface area contributed by atoms with Gasteiger partial charge in [-0.3, -0.25) is 14.5 Å². The maximum Gasteiger partial charge on any atom is 0.233 e. The van der Waals surface area contributed by atoms with Gasteiger partial charge in [0.2, 0.25) is 11.8 Å². The van der Waals surface area contributed by atoms with Crippen LogP contribution >= 0.6 is 0 Å². The highest BCUT2D eigenvalue weighted by atomic mass is 16.2. The number of imide groups is 1. The minimum Gasteiger partial charge on any atom is -0.384 e. The van der Waals surface area contributed by atoms with Crippen molar-refractivity contribution in [1.29, 1.82) is 0 Å². The SMILES string of the molecule is CC1C(=O)N(Cc2cccc(N)n2)C(=O)C1C.